The molecule has 60 valence electrons. The van der Waals surface area contributed by atoms with E-state index in [0.29, 0.717) is 5.56 Å². The van der Waals surface area contributed by atoms with E-state index in [1.807, 2.05) is 6.07 Å². The van der Waals surface area contributed by atoms with E-state index < -0.39 is 0 Å². The van der Waals surface area contributed by atoms with Crippen LogP contribution in [0.1, 0.15) is 5.56 Å². The van der Waals surface area contributed by atoms with Crippen LogP contribution in [-0.4, -0.2) is 10.2 Å². The third kappa shape index (κ3) is 1.77. The number of phenols is 2. The van der Waals surface area contributed by atoms with E-state index in [2.05, 4.69) is 0 Å². The molecule has 0 bridgehead atoms. The van der Waals surface area contributed by atoms with Crippen molar-refractivity contribution in [3.8, 4) is 17.6 Å². The fourth-order valence-corrected chi connectivity index (χ4v) is 0.778. The second-order valence-electron chi connectivity index (χ2n) is 2.21. The van der Waals surface area contributed by atoms with Crippen molar-refractivity contribution in [3.05, 3.63) is 29.8 Å². The molecule has 0 aromatic heterocycles. The number of hydrogen-bond donors (Lipinski definition) is 2. The summed E-state index contributed by atoms with van der Waals surface area (Å²) in [7, 11) is 0. The van der Waals surface area contributed by atoms with Gasteiger partial charge < -0.3 is 10.2 Å². The molecular formula is C9H7NO2. The molecule has 0 saturated heterocycles. The molecule has 1 rings (SSSR count). The van der Waals surface area contributed by atoms with E-state index in [1.54, 1.807) is 12.1 Å². The monoisotopic (exact) mass is 161 g/mol. The van der Waals surface area contributed by atoms with Crippen molar-refractivity contribution in [2.75, 3.05) is 0 Å². The molecule has 0 fully saturated rings. The van der Waals surface area contributed by atoms with Gasteiger partial charge in [-0.25, -0.2) is 0 Å². The first-order valence-corrected chi connectivity index (χ1v) is 3.32. The summed E-state index contributed by atoms with van der Waals surface area (Å²) in [5.74, 6) is -0.348. The van der Waals surface area contributed by atoms with Crippen molar-refractivity contribution in [2.45, 2.75) is 0 Å². The highest BCUT2D eigenvalue weighted by Gasteiger charge is 1.96. The fraction of sp³-hybridized carbons (Fsp3) is 0. The summed E-state index contributed by atoms with van der Waals surface area (Å²) in [6, 6.07) is 6.17. The number of hydrogen-bond acceptors (Lipinski definition) is 3. The summed E-state index contributed by atoms with van der Waals surface area (Å²) >= 11 is 0. The topological polar surface area (TPSA) is 64.2 Å². The number of allylic oxidation sites excluding steroid dienone is 1. The Hall–Kier alpha value is -1.95. The van der Waals surface area contributed by atoms with Crippen LogP contribution in [0, 0.1) is 11.3 Å². The molecule has 0 aliphatic rings. The van der Waals surface area contributed by atoms with Crippen LogP contribution in [0.25, 0.3) is 6.08 Å². The zero-order chi connectivity index (χ0) is 8.97. The molecule has 1 aromatic rings. The number of phenolic OH excluding ortho intramolecular Hbond substituents is 2. The Morgan fingerprint density at radius 2 is 2.00 bits per heavy atom. The third-order valence-corrected chi connectivity index (χ3v) is 1.35. The van der Waals surface area contributed by atoms with Gasteiger partial charge >= 0.3 is 0 Å². The second kappa shape index (κ2) is 3.44. The molecule has 0 unspecified atom stereocenters. The highest BCUT2D eigenvalue weighted by atomic mass is 16.3. The van der Waals surface area contributed by atoms with Gasteiger partial charge in [0.15, 0.2) is 11.5 Å². The van der Waals surface area contributed by atoms with Gasteiger partial charge in [-0.2, -0.15) is 5.26 Å². The van der Waals surface area contributed by atoms with Crippen LogP contribution in [0.2, 0.25) is 0 Å². The van der Waals surface area contributed by atoms with Gasteiger partial charge in [0.1, 0.15) is 0 Å². The summed E-state index contributed by atoms with van der Waals surface area (Å²) in [6.07, 6.45) is 2.84. The maximum atomic E-state index is 9.03. The van der Waals surface area contributed by atoms with E-state index in [-0.39, 0.29) is 11.5 Å². The van der Waals surface area contributed by atoms with Crippen molar-refractivity contribution < 1.29 is 10.2 Å². The number of rotatable bonds is 1. The predicted octanol–water partition coefficient (Wildman–Crippen LogP) is 1.63. The van der Waals surface area contributed by atoms with Crippen LogP contribution in [0.4, 0.5) is 0 Å². The van der Waals surface area contributed by atoms with Gasteiger partial charge in [0.2, 0.25) is 0 Å². The van der Waals surface area contributed by atoms with Gasteiger partial charge in [-0.1, -0.05) is 6.07 Å². The Kier molecular flexibility index (Phi) is 2.34. The Morgan fingerprint density at radius 3 is 2.58 bits per heavy atom. The molecule has 0 heterocycles. The minimum absolute atomic E-state index is 0.163. The fourth-order valence-electron chi connectivity index (χ4n) is 0.778. The smallest absolute Gasteiger partial charge is 0.157 e. The minimum Gasteiger partial charge on any atom is -0.504 e. The Morgan fingerprint density at radius 1 is 1.25 bits per heavy atom. The SMILES string of the molecule is N#C/C=C\c1ccc(O)c(O)c1. The molecular weight excluding hydrogens is 154 g/mol. The maximum absolute atomic E-state index is 9.03. The van der Waals surface area contributed by atoms with Gasteiger partial charge in [0.25, 0.3) is 0 Å². The molecule has 0 aliphatic heterocycles. The quantitative estimate of drug-likeness (QED) is 0.486. The number of aromatic hydroxyl groups is 2. The standard InChI is InChI=1S/C9H7NO2/c10-5-1-2-7-3-4-8(11)9(12)6-7/h1-4,6,11-12H/b2-1-. The lowest BCUT2D eigenvalue weighted by Gasteiger charge is -1.97. The van der Waals surface area contributed by atoms with Crippen LogP contribution in [0.5, 0.6) is 11.5 Å². The van der Waals surface area contributed by atoms with Gasteiger partial charge in [0.05, 0.1) is 6.07 Å². The first-order chi connectivity index (χ1) is 5.74. The van der Waals surface area contributed by atoms with Crippen LogP contribution in [0.15, 0.2) is 24.3 Å². The molecule has 0 radical (unpaired) electrons. The average Bonchev–Trinajstić information content (AvgIpc) is 2.07. The lowest BCUT2D eigenvalue weighted by molar-refractivity contribution is 0.403. The molecule has 0 atom stereocenters. The predicted molar refractivity (Wildman–Crippen MR) is 44.4 cm³/mol. The normalized spacial score (nSPS) is 9.92. The van der Waals surface area contributed by atoms with E-state index >= 15 is 0 Å². The van der Waals surface area contributed by atoms with Crippen molar-refractivity contribution in [1.29, 1.82) is 5.26 Å². The molecule has 2 N–H and O–H groups in total. The van der Waals surface area contributed by atoms with Crippen LogP contribution in [-0.2, 0) is 0 Å². The lowest BCUT2D eigenvalue weighted by atomic mass is 10.2. The summed E-state index contributed by atoms with van der Waals surface area (Å²) in [4.78, 5) is 0. The van der Waals surface area contributed by atoms with Crippen molar-refractivity contribution in [3.63, 3.8) is 0 Å². The van der Waals surface area contributed by atoms with Gasteiger partial charge in [-0.15, -0.1) is 0 Å². The molecule has 0 aliphatic carbocycles. The molecule has 0 amide bonds. The highest BCUT2D eigenvalue weighted by Crippen LogP contribution is 2.25. The van der Waals surface area contributed by atoms with Gasteiger partial charge in [0, 0.05) is 6.08 Å². The van der Waals surface area contributed by atoms with Crippen molar-refractivity contribution in [1.82, 2.24) is 0 Å². The first-order valence-electron chi connectivity index (χ1n) is 3.32. The molecule has 0 saturated carbocycles. The summed E-state index contributed by atoms with van der Waals surface area (Å²) in [5, 5.41) is 26.2. The molecule has 0 spiro atoms. The largest absolute Gasteiger partial charge is 0.504 e. The summed E-state index contributed by atoms with van der Waals surface area (Å²) in [5.41, 5.74) is 0.673. The van der Waals surface area contributed by atoms with Crippen molar-refractivity contribution in [2.24, 2.45) is 0 Å². The first kappa shape index (κ1) is 8.15. The Bertz CT molecular complexity index is 350. The highest BCUT2D eigenvalue weighted by molar-refractivity contribution is 5.56. The van der Waals surface area contributed by atoms with Crippen LogP contribution < -0.4 is 0 Å². The van der Waals surface area contributed by atoms with Crippen LogP contribution in [0.3, 0.4) is 0 Å². The van der Waals surface area contributed by atoms with Gasteiger partial charge in [-0.05, 0) is 23.8 Å². The van der Waals surface area contributed by atoms with E-state index in [4.69, 9.17) is 15.5 Å². The lowest BCUT2D eigenvalue weighted by Crippen LogP contribution is -1.72. The van der Waals surface area contributed by atoms with Crippen LogP contribution >= 0.6 is 0 Å². The minimum atomic E-state index is -0.185. The third-order valence-electron chi connectivity index (χ3n) is 1.35. The Labute approximate surface area is 69.8 Å². The maximum Gasteiger partial charge on any atom is 0.157 e. The Balaban J connectivity index is 2.99. The number of nitriles is 1. The van der Waals surface area contributed by atoms with Crippen molar-refractivity contribution >= 4 is 6.08 Å². The number of nitrogens with zero attached hydrogens (tertiary/aromatic N) is 1. The number of benzene rings is 1. The zero-order valence-electron chi connectivity index (χ0n) is 6.23. The molecule has 12 heavy (non-hydrogen) atoms. The average molecular weight is 161 g/mol. The summed E-state index contributed by atoms with van der Waals surface area (Å²) < 4.78 is 0. The van der Waals surface area contributed by atoms with E-state index in [1.165, 1.54) is 18.2 Å². The van der Waals surface area contributed by atoms with E-state index in [9.17, 15) is 0 Å². The molecule has 1 aromatic carbocycles. The second-order valence-corrected chi connectivity index (χ2v) is 2.21. The van der Waals surface area contributed by atoms with E-state index in [0.717, 1.165) is 0 Å². The summed E-state index contributed by atoms with van der Waals surface area (Å²) in [6.45, 7) is 0. The molecule has 3 heteroatoms. The van der Waals surface area contributed by atoms with Gasteiger partial charge in [-0.3, -0.25) is 0 Å². The molecule has 3 nitrogen and oxygen atoms in total. The zero-order valence-corrected chi connectivity index (χ0v) is 6.23.